The van der Waals surface area contributed by atoms with E-state index in [9.17, 15) is 4.39 Å². The van der Waals surface area contributed by atoms with Crippen LogP contribution in [0.25, 0.3) is 0 Å². The van der Waals surface area contributed by atoms with E-state index in [1.807, 2.05) is 47.4 Å². The van der Waals surface area contributed by atoms with Crippen LogP contribution >= 0.6 is 11.6 Å². The van der Waals surface area contributed by atoms with Crippen molar-refractivity contribution in [3.8, 4) is 0 Å². The minimum Gasteiger partial charge on any atom is -0.363 e. The molecule has 1 atom stereocenters. The summed E-state index contributed by atoms with van der Waals surface area (Å²) in [5.41, 5.74) is 2.62. The Morgan fingerprint density at radius 1 is 0.880 bits per heavy atom. The number of amidine groups is 1. The Kier molecular flexibility index (Phi) is 4.12. The van der Waals surface area contributed by atoms with Crippen LogP contribution in [0.3, 0.4) is 0 Å². The molecule has 0 saturated heterocycles. The number of hydrogen-bond acceptors (Lipinski definition) is 3. The van der Waals surface area contributed by atoms with E-state index in [0.717, 1.165) is 16.8 Å². The van der Waals surface area contributed by atoms with Gasteiger partial charge in [-0.25, -0.2) is 4.39 Å². The van der Waals surface area contributed by atoms with Crippen molar-refractivity contribution in [1.82, 2.24) is 0 Å². The zero-order valence-electron chi connectivity index (χ0n) is 13.1. The van der Waals surface area contributed by atoms with Crippen LogP contribution in [0.15, 0.2) is 84.0 Å². The van der Waals surface area contributed by atoms with Gasteiger partial charge in [0, 0.05) is 21.8 Å². The van der Waals surface area contributed by atoms with Gasteiger partial charge in [0.1, 0.15) is 5.82 Å². The van der Waals surface area contributed by atoms with Gasteiger partial charge in [-0.2, -0.15) is 0 Å². The van der Waals surface area contributed by atoms with Crippen LogP contribution in [0.2, 0.25) is 5.02 Å². The molecule has 0 N–H and O–H groups in total. The van der Waals surface area contributed by atoms with Crippen molar-refractivity contribution in [3.63, 3.8) is 0 Å². The highest BCUT2D eigenvalue weighted by atomic mass is 35.5. The summed E-state index contributed by atoms with van der Waals surface area (Å²) in [5.74, 6) is 0.363. The SMILES string of the molecule is Fc1ccc(N2C(c3ccc(Cl)cc3)=NOC2c2ccccc2)cc1. The summed E-state index contributed by atoms with van der Waals surface area (Å²) in [6, 6.07) is 23.4. The van der Waals surface area contributed by atoms with Crippen molar-refractivity contribution < 1.29 is 9.23 Å². The maximum Gasteiger partial charge on any atom is 0.231 e. The maximum atomic E-state index is 13.4. The molecular weight excluding hydrogens is 339 g/mol. The lowest BCUT2D eigenvalue weighted by Crippen LogP contribution is -2.31. The largest absolute Gasteiger partial charge is 0.363 e. The highest BCUT2D eigenvalue weighted by molar-refractivity contribution is 6.30. The molecule has 4 rings (SSSR count). The smallest absolute Gasteiger partial charge is 0.231 e. The molecule has 1 aliphatic heterocycles. The Bertz CT molecular complexity index is 895. The first kappa shape index (κ1) is 15.7. The second-order valence-electron chi connectivity index (χ2n) is 5.64. The molecule has 124 valence electrons. The molecule has 0 saturated carbocycles. The number of halogens is 2. The highest BCUT2D eigenvalue weighted by Gasteiger charge is 2.33. The number of nitrogens with zero attached hydrogens (tertiary/aromatic N) is 2. The minimum atomic E-state index is -0.419. The number of benzene rings is 3. The summed E-state index contributed by atoms with van der Waals surface area (Å²) >= 11 is 5.99. The van der Waals surface area contributed by atoms with E-state index in [2.05, 4.69) is 5.16 Å². The molecule has 0 fully saturated rings. The zero-order valence-corrected chi connectivity index (χ0v) is 13.9. The Labute approximate surface area is 149 Å². The third-order valence-corrected chi connectivity index (χ3v) is 4.25. The van der Waals surface area contributed by atoms with Crippen LogP contribution in [-0.2, 0) is 4.84 Å². The summed E-state index contributed by atoms with van der Waals surface area (Å²) < 4.78 is 13.4. The van der Waals surface area contributed by atoms with Gasteiger partial charge < -0.3 is 4.84 Å². The number of oxime groups is 1. The van der Waals surface area contributed by atoms with E-state index < -0.39 is 6.23 Å². The van der Waals surface area contributed by atoms with Gasteiger partial charge >= 0.3 is 0 Å². The second kappa shape index (κ2) is 6.57. The second-order valence-corrected chi connectivity index (χ2v) is 6.07. The molecule has 25 heavy (non-hydrogen) atoms. The fraction of sp³-hybridized carbons (Fsp3) is 0.0500. The van der Waals surface area contributed by atoms with Gasteiger partial charge in [-0.05, 0) is 48.5 Å². The van der Waals surface area contributed by atoms with Crippen LogP contribution in [0, 0.1) is 5.82 Å². The minimum absolute atomic E-state index is 0.287. The van der Waals surface area contributed by atoms with Crippen molar-refractivity contribution in [2.45, 2.75) is 6.23 Å². The first-order chi connectivity index (χ1) is 12.2. The van der Waals surface area contributed by atoms with Gasteiger partial charge in [0.2, 0.25) is 6.23 Å². The predicted molar refractivity (Wildman–Crippen MR) is 97.1 cm³/mol. The van der Waals surface area contributed by atoms with E-state index in [-0.39, 0.29) is 5.82 Å². The lowest BCUT2D eigenvalue weighted by atomic mass is 10.1. The average molecular weight is 353 g/mol. The van der Waals surface area contributed by atoms with E-state index in [1.165, 1.54) is 12.1 Å². The van der Waals surface area contributed by atoms with Crippen LogP contribution in [0.5, 0.6) is 0 Å². The molecule has 0 bridgehead atoms. The summed E-state index contributed by atoms with van der Waals surface area (Å²) in [5, 5.41) is 4.93. The lowest BCUT2D eigenvalue weighted by Gasteiger charge is -2.25. The quantitative estimate of drug-likeness (QED) is 0.632. The molecule has 5 heteroatoms. The van der Waals surface area contributed by atoms with E-state index in [4.69, 9.17) is 16.4 Å². The number of hydrogen-bond donors (Lipinski definition) is 0. The van der Waals surface area contributed by atoms with Crippen LogP contribution < -0.4 is 4.90 Å². The van der Waals surface area contributed by atoms with Gasteiger partial charge in [0.25, 0.3) is 0 Å². The molecule has 1 heterocycles. The van der Waals surface area contributed by atoms with E-state index >= 15 is 0 Å². The number of anilines is 1. The van der Waals surface area contributed by atoms with Gasteiger partial charge in [0.15, 0.2) is 5.84 Å². The van der Waals surface area contributed by atoms with E-state index in [0.29, 0.717) is 10.9 Å². The van der Waals surface area contributed by atoms with Crippen LogP contribution in [0.4, 0.5) is 10.1 Å². The van der Waals surface area contributed by atoms with Gasteiger partial charge in [-0.3, -0.25) is 4.90 Å². The maximum absolute atomic E-state index is 13.4. The first-order valence-corrected chi connectivity index (χ1v) is 8.20. The summed E-state index contributed by atoms with van der Waals surface area (Å²) in [4.78, 5) is 7.66. The zero-order chi connectivity index (χ0) is 17.2. The normalized spacial score (nSPS) is 16.5. The molecule has 0 radical (unpaired) electrons. The third-order valence-electron chi connectivity index (χ3n) is 3.99. The fourth-order valence-electron chi connectivity index (χ4n) is 2.78. The average Bonchev–Trinajstić information content (AvgIpc) is 3.09. The monoisotopic (exact) mass is 352 g/mol. The fourth-order valence-corrected chi connectivity index (χ4v) is 2.91. The molecule has 3 nitrogen and oxygen atoms in total. The van der Waals surface area contributed by atoms with Crippen molar-refractivity contribution >= 4 is 23.1 Å². The summed E-state index contributed by atoms with van der Waals surface area (Å²) in [7, 11) is 0. The molecule has 0 aliphatic carbocycles. The molecule has 0 spiro atoms. The van der Waals surface area contributed by atoms with Crippen LogP contribution in [0.1, 0.15) is 17.4 Å². The summed E-state index contributed by atoms with van der Waals surface area (Å²) in [6.07, 6.45) is -0.419. The molecule has 3 aromatic carbocycles. The molecule has 0 amide bonds. The molecular formula is C20H14ClFN2O. The molecule has 1 aliphatic rings. The first-order valence-electron chi connectivity index (χ1n) is 7.82. The van der Waals surface area contributed by atoms with Crippen molar-refractivity contribution in [1.29, 1.82) is 0 Å². The standard InChI is InChI=1S/C20H14ClFN2O/c21-16-8-6-14(7-9-16)19-23-25-20(15-4-2-1-3-5-15)24(19)18-12-10-17(22)11-13-18/h1-13,20H. The number of rotatable bonds is 3. The molecule has 0 aromatic heterocycles. The predicted octanol–water partition coefficient (Wildman–Crippen LogP) is 5.38. The Morgan fingerprint density at radius 2 is 1.56 bits per heavy atom. The molecule has 1 unspecified atom stereocenters. The van der Waals surface area contributed by atoms with Gasteiger partial charge in [-0.1, -0.05) is 47.1 Å². The van der Waals surface area contributed by atoms with Crippen LogP contribution in [-0.4, -0.2) is 5.84 Å². The third kappa shape index (κ3) is 3.08. The van der Waals surface area contributed by atoms with Gasteiger partial charge in [0.05, 0.1) is 0 Å². The Morgan fingerprint density at radius 3 is 2.24 bits per heavy atom. The lowest BCUT2D eigenvalue weighted by molar-refractivity contribution is 0.0868. The summed E-state index contributed by atoms with van der Waals surface area (Å²) in [6.45, 7) is 0. The van der Waals surface area contributed by atoms with Crippen molar-refractivity contribution in [2.75, 3.05) is 4.90 Å². The molecule has 3 aromatic rings. The van der Waals surface area contributed by atoms with Crippen molar-refractivity contribution in [3.05, 3.63) is 101 Å². The topological polar surface area (TPSA) is 24.8 Å². The van der Waals surface area contributed by atoms with Crippen molar-refractivity contribution in [2.24, 2.45) is 5.16 Å². The van der Waals surface area contributed by atoms with Gasteiger partial charge in [-0.15, -0.1) is 0 Å². The van der Waals surface area contributed by atoms with E-state index in [1.54, 1.807) is 24.3 Å². The Balaban J connectivity index is 1.78. The highest BCUT2D eigenvalue weighted by Crippen LogP contribution is 2.35. The Hall–Kier alpha value is -2.85.